The highest BCUT2D eigenvalue weighted by molar-refractivity contribution is 7.92. The number of aromatic nitrogens is 2. The molecule has 0 fully saturated rings. The first kappa shape index (κ1) is 11.6. The third kappa shape index (κ3) is 2.44. The molecule has 0 radical (unpaired) electrons. The second-order valence-electron chi connectivity index (χ2n) is 3.42. The van der Waals surface area contributed by atoms with Crippen LogP contribution < -0.4 is 4.72 Å². The zero-order valence-electron chi connectivity index (χ0n) is 8.94. The highest BCUT2D eigenvalue weighted by atomic mass is 32.2. The van der Waals surface area contributed by atoms with E-state index in [9.17, 15) is 12.8 Å². The molecule has 0 saturated carbocycles. The number of benzene rings is 1. The van der Waals surface area contributed by atoms with Crippen molar-refractivity contribution >= 4 is 15.7 Å². The zero-order chi connectivity index (χ0) is 12.5. The van der Waals surface area contributed by atoms with Gasteiger partial charge in [0.05, 0.1) is 11.9 Å². The van der Waals surface area contributed by atoms with Crippen molar-refractivity contribution in [3.63, 3.8) is 0 Å². The number of halogens is 1. The van der Waals surface area contributed by atoms with Crippen LogP contribution in [-0.2, 0) is 10.0 Å². The zero-order valence-corrected chi connectivity index (χ0v) is 9.75. The Balaban J connectivity index is 2.33. The molecule has 0 aliphatic heterocycles. The number of hydrogen-bond donors (Lipinski definition) is 2. The number of para-hydroxylation sites is 1. The van der Waals surface area contributed by atoms with Gasteiger partial charge < -0.3 is 4.98 Å². The predicted molar refractivity (Wildman–Crippen MR) is 60.5 cm³/mol. The maximum atomic E-state index is 13.3. The van der Waals surface area contributed by atoms with E-state index >= 15 is 0 Å². The number of nitrogens with one attached hydrogen (secondary N) is 2. The Morgan fingerprint density at radius 1 is 1.35 bits per heavy atom. The Morgan fingerprint density at radius 2 is 2.06 bits per heavy atom. The maximum absolute atomic E-state index is 13.3. The molecule has 1 heterocycles. The molecule has 17 heavy (non-hydrogen) atoms. The molecule has 2 rings (SSSR count). The maximum Gasteiger partial charge on any atom is 0.279 e. The van der Waals surface area contributed by atoms with Crippen molar-refractivity contribution in [2.75, 3.05) is 4.72 Å². The minimum atomic E-state index is -3.82. The third-order valence-electron chi connectivity index (χ3n) is 2.09. The fourth-order valence-electron chi connectivity index (χ4n) is 1.28. The van der Waals surface area contributed by atoms with Crippen LogP contribution in [0.2, 0.25) is 0 Å². The monoisotopic (exact) mass is 255 g/mol. The van der Waals surface area contributed by atoms with E-state index in [0.29, 0.717) is 5.82 Å². The number of anilines is 1. The van der Waals surface area contributed by atoms with Crippen LogP contribution >= 0.6 is 0 Å². The van der Waals surface area contributed by atoms with E-state index in [0.717, 1.165) is 0 Å². The molecule has 0 spiro atoms. The van der Waals surface area contributed by atoms with E-state index < -0.39 is 15.8 Å². The molecule has 1 aromatic carbocycles. The average Bonchev–Trinajstić information content (AvgIpc) is 2.69. The summed E-state index contributed by atoms with van der Waals surface area (Å²) in [6.45, 7) is 1.63. The number of sulfonamides is 1. The fourth-order valence-corrected chi connectivity index (χ4v) is 2.32. The van der Waals surface area contributed by atoms with Crippen molar-refractivity contribution in [2.45, 2.75) is 11.9 Å². The summed E-state index contributed by atoms with van der Waals surface area (Å²) in [6.07, 6.45) is 1.18. The van der Waals surface area contributed by atoms with Crippen molar-refractivity contribution in [3.05, 3.63) is 42.1 Å². The molecule has 0 unspecified atom stereocenters. The number of aromatic amines is 1. The molecule has 0 aliphatic carbocycles. The summed E-state index contributed by atoms with van der Waals surface area (Å²) in [7, 11) is -3.82. The first-order valence-electron chi connectivity index (χ1n) is 4.78. The summed E-state index contributed by atoms with van der Waals surface area (Å²) in [5, 5.41) is -0.0988. The van der Waals surface area contributed by atoms with Gasteiger partial charge in [-0.15, -0.1) is 0 Å². The lowest BCUT2D eigenvalue weighted by atomic mass is 10.3. The topological polar surface area (TPSA) is 74.8 Å². The van der Waals surface area contributed by atoms with Gasteiger partial charge >= 0.3 is 0 Å². The average molecular weight is 255 g/mol. The van der Waals surface area contributed by atoms with E-state index in [1.165, 1.54) is 24.4 Å². The summed E-state index contributed by atoms with van der Waals surface area (Å²) >= 11 is 0. The Kier molecular flexibility index (Phi) is 2.84. The first-order chi connectivity index (χ1) is 7.99. The molecule has 0 saturated heterocycles. The van der Waals surface area contributed by atoms with Crippen LogP contribution in [-0.4, -0.2) is 18.4 Å². The molecule has 0 bridgehead atoms. The quantitative estimate of drug-likeness (QED) is 0.875. The van der Waals surface area contributed by atoms with Gasteiger partial charge in [0.25, 0.3) is 10.0 Å². The molecule has 0 aliphatic rings. The standard InChI is InChI=1S/C10H10FN3O2S/c1-7-12-6-10(13-7)17(15,16)14-9-5-3-2-4-8(9)11/h2-6,14H,1H3,(H,12,13). The van der Waals surface area contributed by atoms with Gasteiger partial charge in [-0.05, 0) is 19.1 Å². The number of H-pyrrole nitrogens is 1. The Bertz CT molecular complexity index is 637. The number of aryl methyl sites for hydroxylation is 1. The number of rotatable bonds is 3. The van der Waals surface area contributed by atoms with Crippen LogP contribution in [0, 0.1) is 12.7 Å². The predicted octanol–water partition coefficient (Wildman–Crippen LogP) is 1.66. The van der Waals surface area contributed by atoms with Crippen LogP contribution in [0.25, 0.3) is 0 Å². The lowest BCUT2D eigenvalue weighted by Gasteiger charge is -2.06. The summed E-state index contributed by atoms with van der Waals surface area (Å²) < 4.78 is 39.1. The highest BCUT2D eigenvalue weighted by Crippen LogP contribution is 2.17. The van der Waals surface area contributed by atoms with Crippen LogP contribution in [0.4, 0.5) is 10.1 Å². The van der Waals surface area contributed by atoms with E-state index in [2.05, 4.69) is 14.7 Å². The van der Waals surface area contributed by atoms with Gasteiger partial charge in [-0.25, -0.2) is 9.37 Å². The van der Waals surface area contributed by atoms with Gasteiger partial charge in [0, 0.05) is 0 Å². The molecular formula is C10H10FN3O2S. The van der Waals surface area contributed by atoms with Gasteiger partial charge in [0.1, 0.15) is 11.6 Å². The molecule has 1 aromatic heterocycles. The third-order valence-corrected chi connectivity index (χ3v) is 3.36. The Morgan fingerprint density at radius 3 is 2.65 bits per heavy atom. The van der Waals surface area contributed by atoms with Gasteiger partial charge in [-0.1, -0.05) is 12.1 Å². The highest BCUT2D eigenvalue weighted by Gasteiger charge is 2.17. The fraction of sp³-hybridized carbons (Fsp3) is 0.100. The van der Waals surface area contributed by atoms with Crippen molar-refractivity contribution in [1.82, 2.24) is 9.97 Å². The largest absolute Gasteiger partial charge is 0.332 e. The first-order valence-corrected chi connectivity index (χ1v) is 6.26. The van der Waals surface area contributed by atoms with E-state index in [1.807, 2.05) is 0 Å². The SMILES string of the molecule is Cc1ncc(S(=O)(=O)Nc2ccccc2F)[nH]1. The molecule has 2 N–H and O–H groups in total. The second-order valence-corrected chi connectivity index (χ2v) is 5.07. The van der Waals surface area contributed by atoms with E-state index in [4.69, 9.17) is 0 Å². The van der Waals surface area contributed by atoms with Crippen LogP contribution in [0.3, 0.4) is 0 Å². The normalized spacial score (nSPS) is 11.4. The van der Waals surface area contributed by atoms with Crippen LogP contribution in [0.15, 0.2) is 35.5 Å². The summed E-state index contributed by atoms with van der Waals surface area (Å²) in [6, 6.07) is 5.54. The minimum absolute atomic E-state index is 0.0975. The molecule has 2 aromatic rings. The van der Waals surface area contributed by atoms with Gasteiger partial charge in [-0.3, -0.25) is 4.72 Å². The lowest BCUT2D eigenvalue weighted by molar-refractivity contribution is 0.595. The smallest absolute Gasteiger partial charge is 0.279 e. The number of imidazole rings is 1. The Hall–Kier alpha value is -1.89. The molecule has 0 amide bonds. The summed E-state index contributed by atoms with van der Waals surface area (Å²) in [5.74, 6) is -0.161. The Labute approximate surface area is 97.8 Å². The molecule has 5 nitrogen and oxygen atoms in total. The van der Waals surface area contributed by atoms with Crippen LogP contribution in [0.5, 0.6) is 0 Å². The van der Waals surface area contributed by atoms with E-state index in [-0.39, 0.29) is 10.7 Å². The van der Waals surface area contributed by atoms with Gasteiger partial charge in [0.2, 0.25) is 0 Å². The van der Waals surface area contributed by atoms with Gasteiger partial charge in [0.15, 0.2) is 5.03 Å². The second kappa shape index (κ2) is 4.17. The summed E-state index contributed by atoms with van der Waals surface area (Å²) in [5.41, 5.74) is -0.0975. The van der Waals surface area contributed by atoms with Gasteiger partial charge in [-0.2, -0.15) is 8.42 Å². The van der Waals surface area contributed by atoms with Crippen LogP contribution in [0.1, 0.15) is 5.82 Å². The molecule has 0 atom stereocenters. The number of hydrogen-bond acceptors (Lipinski definition) is 3. The lowest BCUT2D eigenvalue weighted by Crippen LogP contribution is -2.14. The van der Waals surface area contributed by atoms with Crippen molar-refractivity contribution in [3.8, 4) is 0 Å². The molecular weight excluding hydrogens is 245 g/mol. The molecule has 7 heteroatoms. The minimum Gasteiger partial charge on any atom is -0.332 e. The molecule has 90 valence electrons. The van der Waals surface area contributed by atoms with E-state index in [1.54, 1.807) is 13.0 Å². The van der Waals surface area contributed by atoms with Crippen molar-refractivity contribution in [1.29, 1.82) is 0 Å². The van der Waals surface area contributed by atoms with Crippen molar-refractivity contribution < 1.29 is 12.8 Å². The summed E-state index contributed by atoms with van der Waals surface area (Å²) in [4.78, 5) is 6.35. The number of nitrogens with zero attached hydrogens (tertiary/aromatic N) is 1. The van der Waals surface area contributed by atoms with Crippen molar-refractivity contribution in [2.24, 2.45) is 0 Å².